The van der Waals surface area contributed by atoms with Crippen molar-refractivity contribution in [2.45, 2.75) is 0 Å². The number of hydrogen-bond donors (Lipinski definition) is 3. The predicted octanol–water partition coefficient (Wildman–Crippen LogP) is 2.91. The average molecular weight is 253 g/mol. The zero-order chi connectivity index (χ0) is 13.7. The van der Waals surface area contributed by atoms with E-state index in [9.17, 15) is 9.90 Å². The fourth-order valence-electron chi connectivity index (χ4n) is 1.54. The SMILES string of the molecule is N#Cc1cccc(NC(=O)Nc2ccccc2)c1O. The molecule has 0 saturated heterocycles. The molecule has 2 aromatic carbocycles. The first kappa shape index (κ1) is 12.5. The number of carbonyl (C=O) groups excluding carboxylic acids is 1. The van der Waals surface area contributed by atoms with E-state index in [1.54, 1.807) is 30.3 Å². The molecule has 0 radical (unpaired) electrons. The minimum atomic E-state index is -0.489. The van der Waals surface area contributed by atoms with E-state index >= 15 is 0 Å². The maximum atomic E-state index is 11.7. The number of phenols is 1. The largest absolute Gasteiger partial charge is 0.504 e. The van der Waals surface area contributed by atoms with Gasteiger partial charge in [-0.2, -0.15) is 5.26 Å². The van der Waals surface area contributed by atoms with E-state index < -0.39 is 6.03 Å². The van der Waals surface area contributed by atoms with Crippen LogP contribution in [0.4, 0.5) is 16.2 Å². The van der Waals surface area contributed by atoms with E-state index in [4.69, 9.17) is 5.26 Å². The summed E-state index contributed by atoms with van der Waals surface area (Å²) in [6.07, 6.45) is 0. The van der Waals surface area contributed by atoms with Crippen LogP contribution in [0.2, 0.25) is 0 Å². The van der Waals surface area contributed by atoms with Gasteiger partial charge >= 0.3 is 6.03 Å². The van der Waals surface area contributed by atoms with E-state index in [0.29, 0.717) is 5.69 Å². The van der Waals surface area contributed by atoms with Crippen molar-refractivity contribution >= 4 is 17.4 Å². The second-order valence-electron chi connectivity index (χ2n) is 3.76. The Morgan fingerprint density at radius 3 is 2.47 bits per heavy atom. The average Bonchev–Trinajstić information content (AvgIpc) is 2.42. The summed E-state index contributed by atoms with van der Waals surface area (Å²) < 4.78 is 0. The predicted molar refractivity (Wildman–Crippen MR) is 71.9 cm³/mol. The normalized spacial score (nSPS) is 9.42. The third-order valence-corrected chi connectivity index (χ3v) is 2.44. The molecule has 3 N–H and O–H groups in total. The number of urea groups is 1. The van der Waals surface area contributed by atoms with Gasteiger partial charge in [-0.25, -0.2) is 4.79 Å². The van der Waals surface area contributed by atoms with Crippen LogP contribution in [0.15, 0.2) is 48.5 Å². The van der Waals surface area contributed by atoms with Gasteiger partial charge in [-0.15, -0.1) is 0 Å². The van der Waals surface area contributed by atoms with Gasteiger partial charge in [0.15, 0.2) is 5.75 Å². The Morgan fingerprint density at radius 2 is 1.79 bits per heavy atom. The van der Waals surface area contributed by atoms with Gasteiger partial charge in [-0.05, 0) is 24.3 Å². The lowest BCUT2D eigenvalue weighted by molar-refractivity contribution is 0.262. The van der Waals surface area contributed by atoms with E-state index in [1.165, 1.54) is 12.1 Å². The molecule has 5 heteroatoms. The smallest absolute Gasteiger partial charge is 0.323 e. The van der Waals surface area contributed by atoms with Crippen molar-refractivity contribution in [3.8, 4) is 11.8 Å². The third-order valence-electron chi connectivity index (χ3n) is 2.44. The van der Waals surface area contributed by atoms with Crippen molar-refractivity contribution in [3.63, 3.8) is 0 Å². The van der Waals surface area contributed by atoms with Crippen LogP contribution in [0.5, 0.6) is 5.75 Å². The second kappa shape index (κ2) is 5.56. The number of hydrogen-bond acceptors (Lipinski definition) is 3. The number of phenolic OH excluding ortho intramolecular Hbond substituents is 1. The molecule has 0 unspecified atom stereocenters. The highest BCUT2D eigenvalue weighted by atomic mass is 16.3. The summed E-state index contributed by atoms with van der Waals surface area (Å²) in [6.45, 7) is 0. The Morgan fingerprint density at radius 1 is 1.05 bits per heavy atom. The van der Waals surface area contributed by atoms with Crippen LogP contribution in [-0.2, 0) is 0 Å². The van der Waals surface area contributed by atoms with Crippen molar-refractivity contribution in [2.24, 2.45) is 0 Å². The summed E-state index contributed by atoms with van der Waals surface area (Å²) in [7, 11) is 0. The fourth-order valence-corrected chi connectivity index (χ4v) is 1.54. The molecule has 19 heavy (non-hydrogen) atoms. The Bertz CT molecular complexity index is 633. The first-order valence-electron chi connectivity index (χ1n) is 5.56. The maximum absolute atomic E-state index is 11.7. The highest BCUT2D eigenvalue weighted by Gasteiger charge is 2.09. The maximum Gasteiger partial charge on any atom is 0.323 e. The van der Waals surface area contributed by atoms with Gasteiger partial charge in [0.05, 0.1) is 11.3 Å². The van der Waals surface area contributed by atoms with Crippen LogP contribution in [0.3, 0.4) is 0 Å². The Balaban J connectivity index is 2.10. The monoisotopic (exact) mass is 253 g/mol. The van der Waals surface area contributed by atoms with Gasteiger partial charge < -0.3 is 15.7 Å². The number of aromatic hydroxyl groups is 1. The molecule has 2 amide bonds. The molecule has 0 aliphatic heterocycles. The minimum Gasteiger partial charge on any atom is -0.504 e. The van der Waals surface area contributed by atoms with Crippen LogP contribution >= 0.6 is 0 Å². The number of carbonyl (C=O) groups is 1. The molecule has 0 aromatic heterocycles. The third kappa shape index (κ3) is 3.01. The summed E-state index contributed by atoms with van der Waals surface area (Å²) in [6, 6.07) is 14.8. The van der Waals surface area contributed by atoms with Crippen LogP contribution < -0.4 is 10.6 Å². The zero-order valence-electron chi connectivity index (χ0n) is 9.92. The summed E-state index contributed by atoms with van der Waals surface area (Å²) in [5, 5.41) is 23.6. The molecule has 0 aliphatic rings. The zero-order valence-corrected chi connectivity index (χ0v) is 9.92. The summed E-state index contributed by atoms with van der Waals surface area (Å²) in [4.78, 5) is 11.7. The van der Waals surface area contributed by atoms with E-state index in [1.807, 2.05) is 12.1 Å². The lowest BCUT2D eigenvalue weighted by atomic mass is 10.2. The molecule has 0 spiro atoms. The minimum absolute atomic E-state index is 0.109. The molecule has 0 atom stereocenters. The van der Waals surface area contributed by atoms with E-state index in [0.717, 1.165) is 0 Å². The highest BCUT2D eigenvalue weighted by Crippen LogP contribution is 2.26. The number of anilines is 2. The number of nitriles is 1. The van der Waals surface area contributed by atoms with Crippen molar-refractivity contribution in [1.82, 2.24) is 0 Å². The van der Waals surface area contributed by atoms with Gasteiger partial charge in [0.1, 0.15) is 6.07 Å². The van der Waals surface area contributed by atoms with Crippen molar-refractivity contribution in [2.75, 3.05) is 10.6 Å². The second-order valence-corrected chi connectivity index (χ2v) is 3.76. The van der Waals surface area contributed by atoms with E-state index in [-0.39, 0.29) is 17.0 Å². The first-order valence-corrected chi connectivity index (χ1v) is 5.56. The molecule has 2 aromatic rings. The summed E-state index contributed by atoms with van der Waals surface area (Å²) in [5.74, 6) is -0.242. The van der Waals surface area contributed by atoms with Crippen molar-refractivity contribution < 1.29 is 9.90 Å². The Hall–Kier alpha value is -3.00. The first-order chi connectivity index (χ1) is 9.20. The fraction of sp³-hybridized carbons (Fsp3) is 0. The molecular weight excluding hydrogens is 242 g/mol. The number of nitrogens with zero attached hydrogens (tertiary/aromatic N) is 1. The summed E-state index contributed by atoms with van der Waals surface area (Å²) >= 11 is 0. The standard InChI is InChI=1S/C14H11N3O2/c15-9-10-5-4-8-12(13(10)18)17-14(19)16-11-6-2-1-3-7-11/h1-8,18H,(H2,16,17,19). The molecule has 2 rings (SSSR count). The molecule has 0 aliphatic carbocycles. The molecule has 0 saturated carbocycles. The number of nitrogens with one attached hydrogen (secondary N) is 2. The van der Waals surface area contributed by atoms with Crippen molar-refractivity contribution in [3.05, 3.63) is 54.1 Å². The molecule has 5 nitrogen and oxygen atoms in total. The number of para-hydroxylation sites is 2. The van der Waals surface area contributed by atoms with Gasteiger partial charge in [0.25, 0.3) is 0 Å². The lowest BCUT2D eigenvalue weighted by Crippen LogP contribution is -2.19. The lowest BCUT2D eigenvalue weighted by Gasteiger charge is -2.09. The van der Waals surface area contributed by atoms with Crippen LogP contribution in [0.1, 0.15) is 5.56 Å². The summed E-state index contributed by atoms with van der Waals surface area (Å²) in [5.41, 5.74) is 0.931. The number of amides is 2. The Kier molecular flexibility index (Phi) is 3.64. The molecule has 0 fully saturated rings. The molecular formula is C14H11N3O2. The van der Waals surface area contributed by atoms with E-state index in [2.05, 4.69) is 10.6 Å². The number of benzene rings is 2. The van der Waals surface area contributed by atoms with Gasteiger partial charge in [0.2, 0.25) is 0 Å². The highest BCUT2D eigenvalue weighted by molar-refractivity contribution is 6.00. The van der Waals surface area contributed by atoms with Crippen LogP contribution in [0.25, 0.3) is 0 Å². The van der Waals surface area contributed by atoms with Crippen molar-refractivity contribution in [1.29, 1.82) is 5.26 Å². The van der Waals surface area contributed by atoms with Crippen LogP contribution in [0, 0.1) is 11.3 Å². The quantitative estimate of drug-likeness (QED) is 0.719. The molecule has 94 valence electrons. The van der Waals surface area contributed by atoms with Gasteiger partial charge in [0, 0.05) is 5.69 Å². The number of rotatable bonds is 2. The topological polar surface area (TPSA) is 85.2 Å². The van der Waals surface area contributed by atoms with Gasteiger partial charge in [-0.3, -0.25) is 0 Å². The molecule has 0 heterocycles. The Labute approximate surface area is 110 Å². The molecule has 0 bridgehead atoms. The van der Waals surface area contributed by atoms with Gasteiger partial charge in [-0.1, -0.05) is 24.3 Å². The van der Waals surface area contributed by atoms with Crippen LogP contribution in [-0.4, -0.2) is 11.1 Å².